The first-order valence-electron chi connectivity index (χ1n) is 5.46. The Morgan fingerprint density at radius 2 is 2.05 bits per heavy atom. The van der Waals surface area contributed by atoms with Gasteiger partial charge < -0.3 is 5.11 Å². The van der Waals surface area contributed by atoms with Crippen molar-refractivity contribution < 1.29 is 9.90 Å². The van der Waals surface area contributed by atoms with E-state index in [1.54, 1.807) is 12.1 Å². The lowest BCUT2D eigenvalue weighted by Gasteiger charge is -1.95. The number of aromatic hydroxyl groups is 1. The highest BCUT2D eigenvalue weighted by Gasteiger charge is 2.01. The lowest BCUT2D eigenvalue weighted by molar-refractivity contribution is 0.0953. The molecule has 3 rings (SSSR count). The normalized spacial score (nSPS) is 9.65. The van der Waals surface area contributed by atoms with Gasteiger partial charge in [0.05, 0.1) is 6.20 Å². The molecule has 3 heterocycles. The number of nitrogen functional groups attached to an aromatic ring is 1. The number of hydrogen-bond acceptors (Lipinski definition) is 7. The largest absolute Gasteiger partial charge is 0.493 e. The van der Waals surface area contributed by atoms with Crippen LogP contribution in [0.25, 0.3) is 11.0 Å². The number of aromatic amines is 1. The van der Waals surface area contributed by atoms with Crippen molar-refractivity contribution in [3.63, 3.8) is 0 Å². The van der Waals surface area contributed by atoms with Crippen molar-refractivity contribution >= 4 is 16.9 Å². The van der Waals surface area contributed by atoms with E-state index in [0.717, 1.165) is 0 Å². The summed E-state index contributed by atoms with van der Waals surface area (Å²) in [4.78, 5) is 21.9. The van der Waals surface area contributed by atoms with E-state index in [2.05, 4.69) is 25.1 Å². The topological polar surface area (TPSA) is 143 Å². The Labute approximate surface area is 112 Å². The van der Waals surface area contributed by atoms with Crippen LogP contribution < -0.4 is 11.3 Å². The fourth-order valence-corrected chi connectivity index (χ4v) is 1.34. The van der Waals surface area contributed by atoms with Crippen molar-refractivity contribution in [3.8, 4) is 5.88 Å². The van der Waals surface area contributed by atoms with Gasteiger partial charge in [-0.05, 0) is 12.1 Å². The second-order valence-electron chi connectivity index (χ2n) is 3.54. The fourth-order valence-electron chi connectivity index (χ4n) is 1.34. The third-order valence-electron chi connectivity index (χ3n) is 2.30. The maximum atomic E-state index is 10.7. The molecule has 0 radical (unpaired) electrons. The zero-order valence-electron chi connectivity index (χ0n) is 10.2. The Kier molecular flexibility index (Phi) is 4.14. The zero-order chi connectivity index (χ0) is 14.4. The fraction of sp³-hybridized carbons (Fsp3) is 0. The summed E-state index contributed by atoms with van der Waals surface area (Å²) in [5.74, 6) is 4.54. The number of fused-ring (bicyclic) bond motifs is 1. The third-order valence-corrected chi connectivity index (χ3v) is 2.30. The molecule has 0 aliphatic carbocycles. The summed E-state index contributed by atoms with van der Waals surface area (Å²) in [6, 6.07) is 3.17. The smallest absolute Gasteiger partial charge is 0.265 e. The number of hydrazine groups is 1. The van der Waals surface area contributed by atoms with Crippen LogP contribution in [0.2, 0.25) is 0 Å². The highest BCUT2D eigenvalue weighted by molar-refractivity contribution is 5.93. The van der Waals surface area contributed by atoms with Gasteiger partial charge in [-0.3, -0.25) is 20.3 Å². The Morgan fingerprint density at radius 3 is 2.70 bits per heavy atom. The molecule has 102 valence electrons. The van der Waals surface area contributed by atoms with Crippen molar-refractivity contribution in [1.29, 1.82) is 0 Å². The van der Waals surface area contributed by atoms with Crippen LogP contribution in [0, 0.1) is 0 Å². The van der Waals surface area contributed by atoms with Crippen molar-refractivity contribution in [1.82, 2.24) is 30.6 Å². The molecule has 1 amide bonds. The number of rotatable bonds is 1. The molecule has 0 saturated heterocycles. The summed E-state index contributed by atoms with van der Waals surface area (Å²) in [5.41, 5.74) is 3.07. The summed E-state index contributed by atoms with van der Waals surface area (Å²) >= 11 is 0. The maximum Gasteiger partial charge on any atom is 0.265 e. The lowest BCUT2D eigenvalue weighted by atomic mass is 10.3. The Bertz CT molecular complexity index is 698. The predicted molar refractivity (Wildman–Crippen MR) is 69.2 cm³/mol. The minimum atomic E-state index is -0.303. The first-order chi connectivity index (χ1) is 9.72. The molecule has 3 aromatic rings. The maximum absolute atomic E-state index is 10.7. The summed E-state index contributed by atoms with van der Waals surface area (Å²) in [6.07, 6.45) is 5.82. The molecule has 9 heteroatoms. The van der Waals surface area contributed by atoms with E-state index < -0.39 is 0 Å². The summed E-state index contributed by atoms with van der Waals surface area (Å²) in [7, 11) is 0. The lowest BCUT2D eigenvalue weighted by Crippen LogP contribution is -2.29. The van der Waals surface area contributed by atoms with Crippen molar-refractivity contribution in [3.05, 3.63) is 42.6 Å². The molecule has 0 aromatic carbocycles. The van der Waals surface area contributed by atoms with Crippen molar-refractivity contribution in [2.75, 3.05) is 0 Å². The number of carbonyl (C=O) groups excluding carboxylic acids is 1. The monoisotopic (exact) mass is 273 g/mol. The Hall–Kier alpha value is -3.07. The second-order valence-corrected chi connectivity index (χ2v) is 3.54. The van der Waals surface area contributed by atoms with Gasteiger partial charge >= 0.3 is 0 Å². The highest BCUT2D eigenvalue weighted by Crippen LogP contribution is 2.15. The molecule has 0 fully saturated rings. The van der Waals surface area contributed by atoms with E-state index >= 15 is 0 Å². The van der Waals surface area contributed by atoms with Crippen molar-refractivity contribution in [2.24, 2.45) is 5.84 Å². The number of H-pyrrole nitrogens is 1. The summed E-state index contributed by atoms with van der Waals surface area (Å²) < 4.78 is 0. The Balaban J connectivity index is 0.000000147. The van der Waals surface area contributed by atoms with Crippen LogP contribution in [0.3, 0.4) is 0 Å². The highest BCUT2D eigenvalue weighted by atomic mass is 16.3. The van der Waals surface area contributed by atoms with Crippen LogP contribution >= 0.6 is 0 Å². The first-order valence-corrected chi connectivity index (χ1v) is 5.46. The van der Waals surface area contributed by atoms with E-state index in [1.807, 2.05) is 5.43 Å². The van der Waals surface area contributed by atoms with Crippen LogP contribution in [-0.2, 0) is 0 Å². The number of pyridine rings is 1. The SMILES string of the molecule is NNC(=O)c1ccncc1.Oc1ncnc2[nH]ncc12. The van der Waals surface area contributed by atoms with E-state index in [4.69, 9.17) is 10.9 Å². The van der Waals surface area contributed by atoms with E-state index in [0.29, 0.717) is 16.6 Å². The van der Waals surface area contributed by atoms with Gasteiger partial charge in [-0.25, -0.2) is 15.8 Å². The molecule has 20 heavy (non-hydrogen) atoms. The van der Waals surface area contributed by atoms with Gasteiger partial charge in [-0.15, -0.1) is 0 Å². The van der Waals surface area contributed by atoms with Gasteiger partial charge in [0, 0.05) is 18.0 Å². The standard InChI is InChI=1S/C6H7N3O.C5H4N4O/c7-9-6(10)5-1-3-8-4-2-5;10-5-3-1-8-9-4(3)6-2-7-5/h1-4H,7H2,(H,9,10);1-2H,(H2,6,7,8,9,10). The molecule has 0 aliphatic rings. The number of amides is 1. The average molecular weight is 273 g/mol. The minimum absolute atomic E-state index is 0.0428. The third kappa shape index (κ3) is 3.03. The first kappa shape index (κ1) is 13.4. The molecule has 0 atom stereocenters. The van der Waals surface area contributed by atoms with Gasteiger partial charge in [0.25, 0.3) is 5.91 Å². The molecule has 0 bridgehead atoms. The van der Waals surface area contributed by atoms with Gasteiger partial charge in [0.1, 0.15) is 11.7 Å². The van der Waals surface area contributed by atoms with E-state index in [1.165, 1.54) is 24.9 Å². The van der Waals surface area contributed by atoms with Gasteiger partial charge in [-0.1, -0.05) is 0 Å². The summed E-state index contributed by atoms with van der Waals surface area (Å²) in [5, 5.41) is 15.9. The molecule has 9 nitrogen and oxygen atoms in total. The molecular weight excluding hydrogens is 262 g/mol. The second kappa shape index (κ2) is 6.20. The number of nitrogens with two attached hydrogens (primary N) is 1. The number of aromatic nitrogens is 5. The van der Waals surface area contributed by atoms with E-state index in [-0.39, 0.29) is 11.8 Å². The molecule has 0 aliphatic heterocycles. The van der Waals surface area contributed by atoms with Crippen LogP contribution in [0.4, 0.5) is 0 Å². The molecule has 3 aromatic heterocycles. The number of hydrogen-bond donors (Lipinski definition) is 4. The Morgan fingerprint density at radius 1 is 1.30 bits per heavy atom. The van der Waals surface area contributed by atoms with Gasteiger partial charge in [-0.2, -0.15) is 5.10 Å². The van der Waals surface area contributed by atoms with Crippen LogP contribution in [0.1, 0.15) is 10.4 Å². The molecule has 5 N–H and O–H groups in total. The minimum Gasteiger partial charge on any atom is -0.493 e. The van der Waals surface area contributed by atoms with Crippen LogP contribution in [-0.4, -0.2) is 36.2 Å². The summed E-state index contributed by atoms with van der Waals surface area (Å²) in [6.45, 7) is 0. The average Bonchev–Trinajstić information content (AvgIpc) is 2.98. The zero-order valence-corrected chi connectivity index (χ0v) is 10.2. The number of nitrogens with one attached hydrogen (secondary N) is 2. The van der Waals surface area contributed by atoms with Crippen molar-refractivity contribution in [2.45, 2.75) is 0 Å². The van der Waals surface area contributed by atoms with E-state index in [9.17, 15) is 4.79 Å². The van der Waals surface area contributed by atoms with Gasteiger partial charge in [0.15, 0.2) is 5.65 Å². The van der Waals surface area contributed by atoms with Crippen LogP contribution in [0.15, 0.2) is 37.1 Å². The molecule has 0 saturated carbocycles. The molecular formula is C11H11N7O2. The number of nitrogens with zero attached hydrogens (tertiary/aromatic N) is 4. The number of carbonyl (C=O) groups is 1. The quantitative estimate of drug-likeness (QED) is 0.272. The van der Waals surface area contributed by atoms with Gasteiger partial charge in [0.2, 0.25) is 5.88 Å². The molecule has 0 spiro atoms. The molecule has 0 unspecified atom stereocenters. The van der Waals surface area contributed by atoms with Crippen LogP contribution in [0.5, 0.6) is 5.88 Å². The predicted octanol–water partition coefficient (Wildman–Crippen LogP) is -0.256.